The van der Waals surface area contributed by atoms with Crippen molar-refractivity contribution in [2.45, 2.75) is 32.1 Å². The molecule has 0 aliphatic rings. The molecule has 0 saturated carbocycles. The second kappa shape index (κ2) is 11.9. The molecule has 0 radical (unpaired) electrons. The molecule has 2 N–H and O–H groups in total. The molecule has 1 amide bonds. The molecule has 0 unspecified atom stereocenters. The normalized spacial score (nSPS) is 10.3. The van der Waals surface area contributed by atoms with Crippen LogP contribution >= 0.6 is 11.8 Å². The average Bonchev–Trinajstić information content (AvgIpc) is 2.25. The van der Waals surface area contributed by atoms with Gasteiger partial charge in [0.2, 0.25) is 5.91 Å². The summed E-state index contributed by atoms with van der Waals surface area (Å²) in [5.74, 6) is 1.42. The lowest BCUT2D eigenvalue weighted by molar-refractivity contribution is -0.120. The lowest BCUT2D eigenvalue weighted by Gasteiger charge is -2.04. The van der Waals surface area contributed by atoms with Crippen LogP contribution in [0.25, 0.3) is 0 Å². The maximum atomic E-state index is 11.2. The van der Waals surface area contributed by atoms with Crippen molar-refractivity contribution in [2.75, 3.05) is 32.1 Å². The fourth-order valence-corrected chi connectivity index (χ4v) is 1.77. The van der Waals surface area contributed by atoms with Crippen LogP contribution in [0.5, 0.6) is 0 Å². The smallest absolute Gasteiger partial charge is 0.221 e. The standard InChI is InChI=1S/C11H24N2OS/c1-12-9-7-11(14)13-8-5-3-4-6-10-15-2/h12H,3-10H2,1-2H3,(H,13,14). The Kier molecular flexibility index (Phi) is 11.7. The Morgan fingerprint density at radius 1 is 1.13 bits per heavy atom. The van der Waals surface area contributed by atoms with Crippen LogP contribution in [-0.4, -0.2) is 38.1 Å². The van der Waals surface area contributed by atoms with Crippen molar-refractivity contribution >= 4 is 17.7 Å². The van der Waals surface area contributed by atoms with E-state index in [1.54, 1.807) is 0 Å². The number of carbonyl (C=O) groups is 1. The van der Waals surface area contributed by atoms with Gasteiger partial charge in [-0.25, -0.2) is 0 Å². The molecule has 0 atom stereocenters. The van der Waals surface area contributed by atoms with Gasteiger partial charge in [0.25, 0.3) is 0 Å². The Labute approximate surface area is 97.8 Å². The van der Waals surface area contributed by atoms with Gasteiger partial charge in [0, 0.05) is 19.5 Å². The number of unbranched alkanes of at least 4 members (excludes halogenated alkanes) is 3. The van der Waals surface area contributed by atoms with Gasteiger partial charge in [-0.3, -0.25) is 4.79 Å². The van der Waals surface area contributed by atoms with Crippen molar-refractivity contribution < 1.29 is 4.79 Å². The monoisotopic (exact) mass is 232 g/mol. The Bertz CT molecular complexity index is 154. The zero-order chi connectivity index (χ0) is 11.4. The van der Waals surface area contributed by atoms with E-state index in [2.05, 4.69) is 16.9 Å². The van der Waals surface area contributed by atoms with Crippen LogP contribution < -0.4 is 10.6 Å². The highest BCUT2D eigenvalue weighted by Crippen LogP contribution is 2.03. The quantitative estimate of drug-likeness (QED) is 0.563. The molecule has 90 valence electrons. The molecule has 0 aliphatic heterocycles. The molecule has 0 bridgehead atoms. The van der Waals surface area contributed by atoms with Crippen LogP contribution in [0.1, 0.15) is 32.1 Å². The Morgan fingerprint density at radius 3 is 2.53 bits per heavy atom. The fraction of sp³-hybridized carbons (Fsp3) is 0.909. The summed E-state index contributed by atoms with van der Waals surface area (Å²) in [7, 11) is 1.86. The van der Waals surface area contributed by atoms with Crippen LogP contribution in [-0.2, 0) is 4.79 Å². The largest absolute Gasteiger partial charge is 0.356 e. The molecule has 0 fully saturated rings. The van der Waals surface area contributed by atoms with Crippen molar-refractivity contribution in [3.05, 3.63) is 0 Å². The summed E-state index contributed by atoms with van der Waals surface area (Å²) >= 11 is 1.90. The van der Waals surface area contributed by atoms with Gasteiger partial charge >= 0.3 is 0 Å². The molecular formula is C11H24N2OS. The van der Waals surface area contributed by atoms with Crippen LogP contribution in [0.15, 0.2) is 0 Å². The van der Waals surface area contributed by atoms with E-state index in [9.17, 15) is 4.79 Å². The van der Waals surface area contributed by atoms with Gasteiger partial charge in [-0.2, -0.15) is 11.8 Å². The average molecular weight is 232 g/mol. The summed E-state index contributed by atoms with van der Waals surface area (Å²) in [5, 5.41) is 5.88. The van der Waals surface area contributed by atoms with Gasteiger partial charge in [0.15, 0.2) is 0 Å². The van der Waals surface area contributed by atoms with Crippen molar-refractivity contribution in [3.63, 3.8) is 0 Å². The van der Waals surface area contributed by atoms with Gasteiger partial charge in [-0.15, -0.1) is 0 Å². The Morgan fingerprint density at radius 2 is 1.87 bits per heavy atom. The van der Waals surface area contributed by atoms with E-state index in [1.165, 1.54) is 25.0 Å². The van der Waals surface area contributed by atoms with E-state index in [0.29, 0.717) is 6.42 Å². The van der Waals surface area contributed by atoms with Gasteiger partial charge in [0.05, 0.1) is 0 Å². The first-order valence-electron chi connectivity index (χ1n) is 5.71. The molecule has 4 heteroatoms. The maximum Gasteiger partial charge on any atom is 0.221 e. The summed E-state index contributed by atoms with van der Waals surface area (Å²) in [6, 6.07) is 0. The van der Waals surface area contributed by atoms with Crippen LogP contribution in [0.3, 0.4) is 0 Å². The highest BCUT2D eigenvalue weighted by Gasteiger charge is 1.98. The molecular weight excluding hydrogens is 208 g/mol. The molecule has 0 spiro atoms. The molecule has 0 aliphatic carbocycles. The molecule has 15 heavy (non-hydrogen) atoms. The number of rotatable bonds is 10. The first kappa shape index (κ1) is 14.8. The van der Waals surface area contributed by atoms with Crippen molar-refractivity contribution in [3.8, 4) is 0 Å². The predicted molar refractivity (Wildman–Crippen MR) is 68.4 cm³/mol. The molecule has 0 heterocycles. The van der Waals surface area contributed by atoms with E-state index >= 15 is 0 Å². The number of amides is 1. The molecule has 0 aromatic carbocycles. The molecule has 0 rings (SSSR count). The molecule has 0 aromatic heterocycles. The van der Waals surface area contributed by atoms with E-state index in [1.807, 2.05) is 18.8 Å². The zero-order valence-corrected chi connectivity index (χ0v) is 10.8. The minimum absolute atomic E-state index is 0.161. The van der Waals surface area contributed by atoms with Crippen molar-refractivity contribution in [2.24, 2.45) is 0 Å². The van der Waals surface area contributed by atoms with Gasteiger partial charge in [-0.05, 0) is 31.9 Å². The SMILES string of the molecule is CNCCC(=O)NCCCCCCSC. The first-order chi connectivity index (χ1) is 7.31. The number of carbonyl (C=O) groups excluding carboxylic acids is 1. The first-order valence-corrected chi connectivity index (χ1v) is 7.11. The highest BCUT2D eigenvalue weighted by molar-refractivity contribution is 7.98. The van der Waals surface area contributed by atoms with E-state index in [4.69, 9.17) is 0 Å². The minimum Gasteiger partial charge on any atom is -0.356 e. The highest BCUT2D eigenvalue weighted by atomic mass is 32.2. The van der Waals surface area contributed by atoms with Crippen molar-refractivity contribution in [1.82, 2.24) is 10.6 Å². The fourth-order valence-electron chi connectivity index (χ4n) is 1.28. The third-order valence-electron chi connectivity index (χ3n) is 2.20. The van der Waals surface area contributed by atoms with Crippen molar-refractivity contribution in [1.29, 1.82) is 0 Å². The molecule has 0 saturated heterocycles. The van der Waals surface area contributed by atoms with Crippen LogP contribution in [0.4, 0.5) is 0 Å². The summed E-state index contributed by atoms with van der Waals surface area (Å²) in [6.07, 6.45) is 7.65. The molecule has 3 nitrogen and oxygen atoms in total. The summed E-state index contributed by atoms with van der Waals surface area (Å²) in [4.78, 5) is 11.2. The number of nitrogens with one attached hydrogen (secondary N) is 2. The third kappa shape index (κ3) is 11.7. The van der Waals surface area contributed by atoms with E-state index in [-0.39, 0.29) is 5.91 Å². The van der Waals surface area contributed by atoms with Gasteiger partial charge in [0.1, 0.15) is 0 Å². The number of hydrogen-bond donors (Lipinski definition) is 2. The topological polar surface area (TPSA) is 41.1 Å². The summed E-state index contributed by atoms with van der Waals surface area (Å²) in [5.41, 5.74) is 0. The van der Waals surface area contributed by atoms with Gasteiger partial charge in [-0.1, -0.05) is 12.8 Å². The summed E-state index contributed by atoms with van der Waals surface area (Å²) in [6.45, 7) is 1.60. The Balaban J connectivity index is 3.06. The predicted octanol–water partition coefficient (Wildman–Crippen LogP) is 1.64. The lowest BCUT2D eigenvalue weighted by Crippen LogP contribution is -2.27. The van der Waals surface area contributed by atoms with Crippen LogP contribution in [0, 0.1) is 0 Å². The summed E-state index contributed by atoms with van der Waals surface area (Å²) < 4.78 is 0. The number of thioether (sulfide) groups is 1. The second-order valence-corrected chi connectivity index (χ2v) is 4.60. The Hall–Kier alpha value is -0.220. The number of hydrogen-bond acceptors (Lipinski definition) is 3. The minimum atomic E-state index is 0.161. The van der Waals surface area contributed by atoms with Crippen LogP contribution in [0.2, 0.25) is 0 Å². The van der Waals surface area contributed by atoms with E-state index in [0.717, 1.165) is 19.5 Å². The third-order valence-corrected chi connectivity index (χ3v) is 2.90. The molecule has 0 aromatic rings. The maximum absolute atomic E-state index is 11.2. The lowest BCUT2D eigenvalue weighted by atomic mass is 10.2. The van der Waals surface area contributed by atoms with E-state index < -0.39 is 0 Å². The zero-order valence-electron chi connectivity index (χ0n) is 9.97. The van der Waals surface area contributed by atoms with Gasteiger partial charge < -0.3 is 10.6 Å². The second-order valence-electron chi connectivity index (χ2n) is 3.61.